The number of carbonyl (C=O) groups is 4. The van der Waals surface area contributed by atoms with Crippen LogP contribution in [0.1, 0.15) is 79.2 Å². The van der Waals surface area contributed by atoms with Crippen molar-refractivity contribution in [1.82, 2.24) is 14.8 Å². The Balaban J connectivity index is 1.37. The van der Waals surface area contributed by atoms with Crippen LogP contribution in [0.15, 0.2) is 42.5 Å². The van der Waals surface area contributed by atoms with Crippen molar-refractivity contribution in [3.63, 3.8) is 0 Å². The summed E-state index contributed by atoms with van der Waals surface area (Å²) in [5, 5.41) is 14.1. The van der Waals surface area contributed by atoms with Crippen LogP contribution >= 0.6 is 0 Å². The fourth-order valence-electron chi connectivity index (χ4n) is 13.6. The predicted octanol–water partition coefficient (Wildman–Crippen LogP) is 4.93. The molecule has 3 fully saturated rings. The monoisotopic (exact) mass is 858 g/mol. The third-order valence-corrected chi connectivity index (χ3v) is 15.8. The highest BCUT2D eigenvalue weighted by molar-refractivity contribution is 5.96. The van der Waals surface area contributed by atoms with Crippen molar-refractivity contribution in [2.45, 2.75) is 93.4 Å². The van der Waals surface area contributed by atoms with E-state index in [1.165, 1.54) is 28.3 Å². The van der Waals surface area contributed by atoms with Crippen LogP contribution < -0.4 is 9.64 Å². The van der Waals surface area contributed by atoms with E-state index in [2.05, 4.69) is 14.8 Å². The minimum atomic E-state index is -2.97. The van der Waals surface area contributed by atoms with Crippen molar-refractivity contribution >= 4 is 40.8 Å². The van der Waals surface area contributed by atoms with Gasteiger partial charge in [0.15, 0.2) is 6.10 Å². The van der Waals surface area contributed by atoms with E-state index in [-0.39, 0.29) is 19.4 Å². The molecule has 15 heteroatoms. The molecule has 2 N–H and O–H groups in total. The summed E-state index contributed by atoms with van der Waals surface area (Å²) in [6.07, 6.45) is 4.96. The fraction of sp³-hybridized carbons (Fsp3) is 0.574. The quantitative estimate of drug-likeness (QED) is 0.137. The number of rotatable bonds is 8. The van der Waals surface area contributed by atoms with Gasteiger partial charge in [-0.05, 0) is 86.9 Å². The van der Waals surface area contributed by atoms with Crippen LogP contribution in [0.4, 0.5) is 14.5 Å². The summed E-state index contributed by atoms with van der Waals surface area (Å²) >= 11 is 0. The molecule has 6 unspecified atom stereocenters. The average molecular weight is 859 g/mol. The van der Waals surface area contributed by atoms with Gasteiger partial charge in [-0.15, -0.1) is 0 Å². The standard InChI is InChI=1S/C47H56F2N4O9/c1-8-44-13-9-15-53-17-14-45(38(44)53)32-20-33(36(59-5)21-35(32)51(4)39(45)47(58,42(57)61-7)40(44)62-26(2)55)46(41(56)60-6)22-28-18-29(43(3,48)49)24-52(23-28)16-12-30-31-19-27(25-54)10-11-34(31)50-37(30)46/h9-11,13,19-21,25,28-29,38-40,50,58H,8,12,14-18,22-24H2,1-7H3/t28?,29?,38?,39?,40-,44-,45?,46-,47+/m0/s1. The number of nitrogens with zero attached hydrogens (tertiary/aromatic N) is 3. The SMILES string of the molecule is CC[C@@]12C=CCN3CCC4(c5cc([C@@]6(C(=O)OC)CC7CC(C(C)(F)F)CN(CCc8c6[nH]c6ccc(C=O)cc86)C7)c(OC)cc5N(C)C4[C@](O)(C(=O)OC)[C@H]1OC(C)=O)C32. The lowest BCUT2D eigenvalue weighted by Gasteiger charge is -2.63. The number of aromatic nitrogens is 1. The first-order chi connectivity index (χ1) is 29.5. The van der Waals surface area contributed by atoms with E-state index in [9.17, 15) is 19.5 Å². The van der Waals surface area contributed by atoms with E-state index >= 15 is 13.6 Å². The number of ether oxygens (including phenoxy) is 4. The van der Waals surface area contributed by atoms with Crippen LogP contribution in [-0.4, -0.2) is 135 Å². The molecule has 9 rings (SSSR count). The average Bonchev–Trinajstić information content (AvgIpc) is 3.91. The number of fused-ring (bicyclic) bond motifs is 6. The first kappa shape index (κ1) is 42.4. The summed E-state index contributed by atoms with van der Waals surface area (Å²) in [6.45, 7) is 6.48. The number of alkyl halides is 2. The Morgan fingerprint density at radius 1 is 1.03 bits per heavy atom. The van der Waals surface area contributed by atoms with Crippen molar-refractivity contribution in [2.75, 3.05) is 66.0 Å². The molecule has 13 nitrogen and oxygen atoms in total. The Kier molecular flexibility index (Phi) is 9.99. The van der Waals surface area contributed by atoms with Crippen LogP contribution in [0.25, 0.3) is 10.9 Å². The molecule has 5 aliphatic heterocycles. The highest BCUT2D eigenvalue weighted by atomic mass is 19.3. The van der Waals surface area contributed by atoms with Crippen LogP contribution in [0, 0.1) is 17.3 Å². The number of carbonyl (C=O) groups excluding carboxylic acids is 4. The molecule has 10 atom stereocenters. The zero-order valence-corrected chi connectivity index (χ0v) is 36.4. The van der Waals surface area contributed by atoms with E-state index in [0.717, 1.165) is 29.7 Å². The van der Waals surface area contributed by atoms with E-state index < -0.39 is 75.7 Å². The maximum atomic E-state index is 15.4. The topological polar surface area (TPSA) is 151 Å². The van der Waals surface area contributed by atoms with Crippen molar-refractivity contribution in [3.8, 4) is 5.75 Å². The molecule has 1 saturated carbocycles. The van der Waals surface area contributed by atoms with Crippen LogP contribution in [0.3, 0.4) is 0 Å². The van der Waals surface area contributed by atoms with Crippen molar-refractivity contribution in [1.29, 1.82) is 0 Å². The van der Waals surface area contributed by atoms with Gasteiger partial charge in [-0.3, -0.25) is 19.3 Å². The number of aldehydes is 1. The fourth-order valence-corrected chi connectivity index (χ4v) is 13.6. The summed E-state index contributed by atoms with van der Waals surface area (Å²) in [5.74, 6) is -6.21. The Morgan fingerprint density at radius 2 is 1.79 bits per heavy atom. The number of hydrogen-bond acceptors (Lipinski definition) is 12. The Labute approximate surface area is 359 Å². The Bertz CT molecular complexity index is 2400. The molecular weight excluding hydrogens is 803 g/mol. The van der Waals surface area contributed by atoms with Gasteiger partial charge < -0.3 is 38.8 Å². The molecule has 0 radical (unpaired) electrons. The van der Waals surface area contributed by atoms with Crippen molar-refractivity contribution in [2.24, 2.45) is 17.3 Å². The van der Waals surface area contributed by atoms with E-state index in [4.69, 9.17) is 18.9 Å². The molecule has 6 heterocycles. The summed E-state index contributed by atoms with van der Waals surface area (Å²) in [7, 11) is 5.85. The number of nitrogens with one attached hydrogen (secondary N) is 1. The minimum absolute atomic E-state index is 0.0857. The Hall–Kier alpha value is -4.86. The van der Waals surface area contributed by atoms with Crippen LogP contribution in [0.2, 0.25) is 0 Å². The van der Waals surface area contributed by atoms with Gasteiger partial charge in [-0.25, -0.2) is 13.6 Å². The number of likely N-dealkylation sites (N-methyl/N-ethyl adjacent to an activating group) is 1. The van der Waals surface area contributed by atoms with E-state index in [0.29, 0.717) is 79.2 Å². The zero-order valence-electron chi connectivity index (χ0n) is 36.4. The molecule has 2 aromatic carbocycles. The molecule has 1 aromatic heterocycles. The second-order valence-electron chi connectivity index (χ2n) is 18.7. The third-order valence-electron chi connectivity index (χ3n) is 15.8. The number of benzene rings is 2. The number of piperidine rings is 1. The zero-order chi connectivity index (χ0) is 44.3. The van der Waals surface area contributed by atoms with Gasteiger partial charge in [0.05, 0.1) is 27.4 Å². The maximum absolute atomic E-state index is 15.4. The van der Waals surface area contributed by atoms with Gasteiger partial charge in [0, 0.05) is 102 Å². The number of esters is 3. The summed E-state index contributed by atoms with van der Waals surface area (Å²) < 4.78 is 54.5. The molecule has 0 amide bonds. The van der Waals surface area contributed by atoms with E-state index in [1.807, 2.05) is 42.2 Å². The van der Waals surface area contributed by atoms with Gasteiger partial charge in [0.1, 0.15) is 17.5 Å². The molecule has 2 bridgehead atoms. The van der Waals surface area contributed by atoms with Crippen molar-refractivity contribution in [3.05, 3.63) is 70.4 Å². The number of H-pyrrole nitrogens is 1. The van der Waals surface area contributed by atoms with Gasteiger partial charge in [0.25, 0.3) is 0 Å². The first-order valence-electron chi connectivity index (χ1n) is 21.6. The summed E-state index contributed by atoms with van der Waals surface area (Å²) in [6, 6.07) is 7.73. The van der Waals surface area contributed by atoms with Gasteiger partial charge in [-0.1, -0.05) is 19.1 Å². The number of aromatic amines is 1. The lowest BCUT2D eigenvalue weighted by Crippen LogP contribution is -2.81. The van der Waals surface area contributed by atoms with Crippen LogP contribution in [0.5, 0.6) is 5.75 Å². The van der Waals surface area contributed by atoms with Gasteiger partial charge in [-0.2, -0.15) is 0 Å². The largest absolute Gasteiger partial charge is 0.496 e. The highest BCUT2D eigenvalue weighted by Crippen LogP contribution is 2.68. The number of aliphatic hydroxyl groups is 1. The summed E-state index contributed by atoms with van der Waals surface area (Å²) in [5.41, 5.74) is -1.80. The van der Waals surface area contributed by atoms with Crippen molar-refractivity contribution < 1.29 is 52.0 Å². The second-order valence-corrected chi connectivity index (χ2v) is 18.7. The molecule has 3 aromatic rings. The second kappa shape index (κ2) is 14.6. The molecule has 1 spiro atoms. The molecular formula is C47H56F2N4O9. The first-order valence-corrected chi connectivity index (χ1v) is 21.6. The normalized spacial score (nSPS) is 34.8. The predicted molar refractivity (Wildman–Crippen MR) is 225 cm³/mol. The van der Waals surface area contributed by atoms with E-state index in [1.54, 1.807) is 19.2 Å². The van der Waals surface area contributed by atoms with Crippen LogP contribution in [-0.2, 0) is 45.8 Å². The molecule has 2 saturated heterocycles. The highest BCUT2D eigenvalue weighted by Gasteiger charge is 2.80. The Morgan fingerprint density at radius 3 is 2.45 bits per heavy atom. The molecule has 332 valence electrons. The number of methoxy groups -OCH3 is 3. The summed E-state index contributed by atoms with van der Waals surface area (Å²) in [4.78, 5) is 64.8. The van der Waals surface area contributed by atoms with Gasteiger partial charge in [0.2, 0.25) is 11.5 Å². The lowest BCUT2D eigenvalue weighted by atomic mass is 9.47. The maximum Gasteiger partial charge on any atom is 0.344 e. The molecule has 62 heavy (non-hydrogen) atoms. The van der Waals surface area contributed by atoms with Gasteiger partial charge >= 0.3 is 17.9 Å². The minimum Gasteiger partial charge on any atom is -0.496 e. The molecule has 1 aliphatic carbocycles. The lowest BCUT2D eigenvalue weighted by molar-refractivity contribution is -0.228. The third kappa shape index (κ3) is 5.58. The number of anilines is 1. The number of hydrogen-bond donors (Lipinski definition) is 2. The smallest absolute Gasteiger partial charge is 0.344 e. The number of halogens is 2. The molecule has 6 aliphatic rings.